The van der Waals surface area contributed by atoms with Crippen molar-refractivity contribution in [3.05, 3.63) is 69.1 Å². The van der Waals surface area contributed by atoms with Crippen LogP contribution in [0.2, 0.25) is 5.02 Å². The molecule has 2 N–H and O–H groups in total. The van der Waals surface area contributed by atoms with E-state index in [0.29, 0.717) is 61.4 Å². The predicted octanol–water partition coefficient (Wildman–Crippen LogP) is 2.65. The number of fused-ring (bicyclic) bond motifs is 1. The fraction of sp³-hybridized carbons (Fsp3) is 0.400. The molecule has 0 bridgehead atoms. The fourth-order valence-electron chi connectivity index (χ4n) is 4.00. The van der Waals surface area contributed by atoms with Gasteiger partial charge in [0, 0.05) is 44.0 Å². The van der Waals surface area contributed by atoms with Gasteiger partial charge in [0.1, 0.15) is 11.5 Å². The standard InChI is InChI=1S/C25H31ClN6O3/c1-17(28-21-7-5-4-6-20(21)26)19-14-18(25(34)27-8-9-30(2)3)16-32-23(33)15-22(29-24(19)32)31-10-12-35-13-11-31/h4-7,14-17,28H,8-13H2,1-3H3,(H,27,34). The molecule has 1 aliphatic rings. The quantitative estimate of drug-likeness (QED) is 0.493. The highest BCUT2D eigenvalue weighted by Gasteiger charge is 2.20. The molecule has 186 valence electrons. The number of morpholine rings is 1. The highest BCUT2D eigenvalue weighted by Crippen LogP contribution is 2.28. The molecule has 1 saturated heterocycles. The van der Waals surface area contributed by atoms with Crippen LogP contribution in [0.1, 0.15) is 28.9 Å². The van der Waals surface area contributed by atoms with Gasteiger partial charge in [-0.25, -0.2) is 4.98 Å². The molecule has 3 aromatic rings. The van der Waals surface area contributed by atoms with Crippen LogP contribution >= 0.6 is 11.6 Å². The van der Waals surface area contributed by atoms with Gasteiger partial charge in [0.05, 0.1) is 35.5 Å². The number of likely N-dealkylation sites (N-methyl/N-ethyl adjacent to an activating group) is 1. The van der Waals surface area contributed by atoms with Crippen molar-refractivity contribution in [2.45, 2.75) is 13.0 Å². The number of para-hydroxylation sites is 1. The van der Waals surface area contributed by atoms with E-state index in [0.717, 1.165) is 11.3 Å². The van der Waals surface area contributed by atoms with E-state index < -0.39 is 0 Å². The molecule has 1 amide bonds. The summed E-state index contributed by atoms with van der Waals surface area (Å²) in [5.41, 5.74) is 2.12. The summed E-state index contributed by atoms with van der Waals surface area (Å²) in [5.74, 6) is 0.358. The second-order valence-electron chi connectivity index (χ2n) is 8.83. The van der Waals surface area contributed by atoms with Crippen molar-refractivity contribution in [3.8, 4) is 0 Å². The first-order valence-electron chi connectivity index (χ1n) is 11.7. The molecule has 9 nitrogen and oxygen atoms in total. The summed E-state index contributed by atoms with van der Waals surface area (Å²) in [6, 6.07) is 10.5. The predicted molar refractivity (Wildman–Crippen MR) is 139 cm³/mol. The molecule has 1 atom stereocenters. The third-order valence-electron chi connectivity index (χ3n) is 5.93. The molecule has 1 unspecified atom stereocenters. The molecule has 0 radical (unpaired) electrons. The van der Waals surface area contributed by atoms with Gasteiger partial charge < -0.3 is 25.2 Å². The van der Waals surface area contributed by atoms with E-state index in [2.05, 4.69) is 10.6 Å². The van der Waals surface area contributed by atoms with Gasteiger partial charge in [-0.1, -0.05) is 23.7 Å². The Morgan fingerprint density at radius 3 is 2.69 bits per heavy atom. The molecule has 2 aromatic heterocycles. The highest BCUT2D eigenvalue weighted by atomic mass is 35.5. The van der Waals surface area contributed by atoms with Gasteiger partial charge in [0.2, 0.25) is 0 Å². The summed E-state index contributed by atoms with van der Waals surface area (Å²) in [6.45, 7) is 5.67. The lowest BCUT2D eigenvalue weighted by atomic mass is 10.1. The van der Waals surface area contributed by atoms with Crippen molar-refractivity contribution >= 4 is 34.7 Å². The zero-order valence-corrected chi connectivity index (χ0v) is 21.0. The summed E-state index contributed by atoms with van der Waals surface area (Å²) in [5, 5.41) is 6.91. The number of hydrogen-bond donors (Lipinski definition) is 2. The van der Waals surface area contributed by atoms with E-state index in [-0.39, 0.29) is 17.5 Å². The van der Waals surface area contributed by atoms with Crippen molar-refractivity contribution in [3.63, 3.8) is 0 Å². The van der Waals surface area contributed by atoms with Crippen molar-refractivity contribution < 1.29 is 9.53 Å². The average Bonchev–Trinajstić information content (AvgIpc) is 2.85. The zero-order chi connectivity index (χ0) is 24.9. The number of anilines is 2. The Morgan fingerprint density at radius 1 is 1.23 bits per heavy atom. The number of carbonyl (C=O) groups is 1. The molecule has 1 aromatic carbocycles. The van der Waals surface area contributed by atoms with E-state index in [1.165, 1.54) is 10.5 Å². The topological polar surface area (TPSA) is 91.2 Å². The van der Waals surface area contributed by atoms with Crippen LogP contribution in [-0.2, 0) is 4.74 Å². The Morgan fingerprint density at radius 2 is 1.97 bits per heavy atom. The third kappa shape index (κ3) is 5.93. The van der Waals surface area contributed by atoms with Crippen LogP contribution in [0.15, 0.2) is 47.4 Å². The number of rotatable bonds is 8. The lowest BCUT2D eigenvalue weighted by Crippen LogP contribution is -2.38. The maximum atomic E-state index is 13.2. The Kier molecular flexibility index (Phi) is 7.90. The lowest BCUT2D eigenvalue weighted by molar-refractivity contribution is 0.0950. The molecular weight excluding hydrogens is 468 g/mol. The Bertz CT molecular complexity index is 1260. The summed E-state index contributed by atoms with van der Waals surface area (Å²) in [4.78, 5) is 35.0. The second kappa shape index (κ2) is 11.1. The highest BCUT2D eigenvalue weighted by molar-refractivity contribution is 6.33. The summed E-state index contributed by atoms with van der Waals surface area (Å²) < 4.78 is 6.89. The lowest BCUT2D eigenvalue weighted by Gasteiger charge is -2.28. The van der Waals surface area contributed by atoms with Gasteiger partial charge >= 0.3 is 0 Å². The maximum Gasteiger partial charge on any atom is 0.259 e. The normalized spacial score (nSPS) is 14.8. The van der Waals surface area contributed by atoms with E-state index in [9.17, 15) is 9.59 Å². The molecule has 0 saturated carbocycles. The fourth-order valence-corrected chi connectivity index (χ4v) is 4.19. The summed E-state index contributed by atoms with van der Waals surface area (Å²) >= 11 is 6.37. The number of hydrogen-bond acceptors (Lipinski definition) is 7. The second-order valence-corrected chi connectivity index (χ2v) is 9.24. The van der Waals surface area contributed by atoms with Gasteiger partial charge in [-0.2, -0.15) is 0 Å². The van der Waals surface area contributed by atoms with Crippen molar-refractivity contribution in [1.82, 2.24) is 19.6 Å². The largest absolute Gasteiger partial charge is 0.378 e. The van der Waals surface area contributed by atoms with Crippen LogP contribution in [0.3, 0.4) is 0 Å². The number of nitrogens with zero attached hydrogens (tertiary/aromatic N) is 4. The molecule has 0 aliphatic carbocycles. The minimum absolute atomic E-state index is 0.245. The number of nitrogens with one attached hydrogen (secondary N) is 2. The number of pyridine rings is 1. The third-order valence-corrected chi connectivity index (χ3v) is 6.26. The van der Waals surface area contributed by atoms with Crippen LogP contribution in [0.4, 0.5) is 11.5 Å². The monoisotopic (exact) mass is 498 g/mol. The Hall–Kier alpha value is -3.14. The molecule has 0 spiro atoms. The number of ether oxygens (including phenoxy) is 1. The van der Waals surface area contributed by atoms with Gasteiger partial charge in [-0.3, -0.25) is 14.0 Å². The smallest absolute Gasteiger partial charge is 0.259 e. The SMILES string of the molecule is CC(Nc1ccccc1Cl)c1cc(C(=O)NCCN(C)C)cn2c(=O)cc(N3CCOCC3)nc12. The van der Waals surface area contributed by atoms with Gasteiger partial charge in [-0.05, 0) is 39.2 Å². The summed E-state index contributed by atoms with van der Waals surface area (Å²) in [7, 11) is 3.89. The molecule has 10 heteroatoms. The van der Waals surface area contributed by atoms with Crippen molar-refractivity contribution in [2.75, 3.05) is 63.7 Å². The van der Waals surface area contributed by atoms with Crippen LogP contribution in [-0.4, -0.2) is 73.7 Å². The van der Waals surface area contributed by atoms with Gasteiger partial charge in [0.25, 0.3) is 11.5 Å². The van der Waals surface area contributed by atoms with Gasteiger partial charge in [-0.15, -0.1) is 0 Å². The molecule has 4 rings (SSSR count). The first-order chi connectivity index (χ1) is 16.8. The average molecular weight is 499 g/mol. The number of amides is 1. The van der Waals surface area contributed by atoms with Crippen LogP contribution < -0.4 is 21.1 Å². The molecule has 1 aliphatic heterocycles. The Balaban J connectivity index is 1.77. The molecule has 1 fully saturated rings. The molecule has 35 heavy (non-hydrogen) atoms. The van der Waals surface area contributed by atoms with Crippen molar-refractivity contribution in [2.24, 2.45) is 0 Å². The van der Waals surface area contributed by atoms with Crippen LogP contribution in [0.25, 0.3) is 5.65 Å². The van der Waals surface area contributed by atoms with Crippen molar-refractivity contribution in [1.29, 1.82) is 0 Å². The first kappa shape index (κ1) is 25.0. The minimum atomic E-state index is -0.286. The molecular formula is C25H31ClN6O3. The number of halogens is 1. The maximum absolute atomic E-state index is 13.2. The Labute approximate surface area is 209 Å². The van der Waals surface area contributed by atoms with Crippen LogP contribution in [0.5, 0.6) is 0 Å². The van der Waals surface area contributed by atoms with E-state index in [1.54, 1.807) is 12.3 Å². The van der Waals surface area contributed by atoms with E-state index in [1.807, 2.05) is 55.1 Å². The number of carbonyl (C=O) groups excluding carboxylic acids is 1. The van der Waals surface area contributed by atoms with Gasteiger partial charge in [0.15, 0.2) is 0 Å². The number of benzene rings is 1. The zero-order valence-electron chi connectivity index (χ0n) is 20.3. The van der Waals surface area contributed by atoms with Crippen LogP contribution in [0, 0.1) is 0 Å². The molecule has 3 heterocycles. The first-order valence-corrected chi connectivity index (χ1v) is 12.1. The minimum Gasteiger partial charge on any atom is -0.378 e. The van der Waals surface area contributed by atoms with E-state index in [4.69, 9.17) is 21.3 Å². The number of aromatic nitrogens is 2. The summed E-state index contributed by atoms with van der Waals surface area (Å²) in [6.07, 6.45) is 1.56. The van der Waals surface area contributed by atoms with E-state index >= 15 is 0 Å².